The highest BCUT2D eigenvalue weighted by atomic mass is 16.7. The maximum absolute atomic E-state index is 5.62. The quantitative estimate of drug-likeness (QED) is 0.789. The predicted octanol–water partition coefficient (Wildman–Crippen LogP) is 4.51. The van der Waals surface area contributed by atoms with Gasteiger partial charge in [0.15, 0.2) is 17.3 Å². The Morgan fingerprint density at radius 3 is 2.88 bits per heavy atom. The molecule has 1 aromatic heterocycles. The Morgan fingerprint density at radius 1 is 1.15 bits per heavy atom. The lowest BCUT2D eigenvalue weighted by molar-refractivity contribution is 0.147. The van der Waals surface area contributed by atoms with Crippen molar-refractivity contribution in [3.8, 4) is 11.5 Å². The molecular weight excluding hydrogens is 328 g/mol. The second-order valence-corrected chi connectivity index (χ2v) is 7.73. The van der Waals surface area contributed by atoms with Crippen molar-refractivity contribution in [1.29, 1.82) is 0 Å². The van der Waals surface area contributed by atoms with Crippen LogP contribution in [0, 0.1) is 12.8 Å². The van der Waals surface area contributed by atoms with Crippen molar-refractivity contribution < 1.29 is 14.0 Å². The number of rotatable bonds is 5. The van der Waals surface area contributed by atoms with E-state index >= 15 is 0 Å². The Hall–Kier alpha value is -2.01. The number of likely N-dealkylation sites (tertiary alicyclic amines) is 1. The van der Waals surface area contributed by atoms with E-state index in [2.05, 4.69) is 35.2 Å². The molecule has 0 saturated carbocycles. The molecule has 0 spiro atoms. The smallest absolute Gasteiger partial charge is 0.231 e. The van der Waals surface area contributed by atoms with Crippen LogP contribution in [-0.4, -0.2) is 29.9 Å². The lowest BCUT2D eigenvalue weighted by Gasteiger charge is -2.30. The van der Waals surface area contributed by atoms with E-state index in [1.807, 2.05) is 13.0 Å². The Kier molecular flexibility index (Phi) is 5.16. The number of ether oxygens (including phenoxy) is 2. The summed E-state index contributed by atoms with van der Waals surface area (Å²) in [6.45, 7) is 6.86. The molecule has 2 aromatic rings. The van der Waals surface area contributed by atoms with Crippen LogP contribution in [0.3, 0.4) is 0 Å². The molecule has 5 nitrogen and oxygen atoms in total. The van der Waals surface area contributed by atoms with E-state index in [0.29, 0.717) is 18.8 Å². The van der Waals surface area contributed by atoms with Crippen molar-refractivity contribution in [2.75, 3.05) is 19.9 Å². The summed E-state index contributed by atoms with van der Waals surface area (Å²) in [5.41, 5.74) is 2.28. The zero-order valence-electron chi connectivity index (χ0n) is 15.7. The molecule has 26 heavy (non-hydrogen) atoms. The van der Waals surface area contributed by atoms with E-state index in [9.17, 15) is 0 Å². The minimum atomic E-state index is 0.334. The molecule has 0 aliphatic carbocycles. The number of hydrogen-bond donors (Lipinski definition) is 0. The topological polar surface area (TPSA) is 47.7 Å². The molecule has 2 aliphatic rings. The van der Waals surface area contributed by atoms with Crippen molar-refractivity contribution in [2.24, 2.45) is 5.92 Å². The summed E-state index contributed by atoms with van der Waals surface area (Å²) in [5, 5.41) is 4.11. The maximum atomic E-state index is 5.62. The Bertz CT molecular complexity index is 743. The number of aromatic nitrogens is 1. The maximum Gasteiger partial charge on any atom is 0.231 e. The molecule has 1 saturated heterocycles. The Labute approximate surface area is 155 Å². The molecule has 2 atom stereocenters. The fourth-order valence-corrected chi connectivity index (χ4v) is 4.18. The molecule has 2 aliphatic heterocycles. The number of nitrogens with zero attached hydrogens (tertiary/aromatic N) is 2. The van der Waals surface area contributed by atoms with Crippen molar-refractivity contribution in [1.82, 2.24) is 10.1 Å². The summed E-state index contributed by atoms with van der Waals surface area (Å²) in [6.07, 6.45) is 6.02. The van der Waals surface area contributed by atoms with Crippen LogP contribution < -0.4 is 9.47 Å². The molecule has 4 rings (SSSR count). The van der Waals surface area contributed by atoms with E-state index in [-0.39, 0.29) is 0 Å². The van der Waals surface area contributed by atoms with E-state index < -0.39 is 0 Å². The molecule has 0 bridgehead atoms. The molecule has 140 valence electrons. The molecular formula is C21H28N2O3. The lowest BCUT2D eigenvalue weighted by Crippen LogP contribution is -2.33. The van der Waals surface area contributed by atoms with Crippen LogP contribution in [-0.2, 0) is 6.42 Å². The summed E-state index contributed by atoms with van der Waals surface area (Å²) >= 11 is 0. The molecule has 0 unspecified atom stereocenters. The van der Waals surface area contributed by atoms with Gasteiger partial charge in [-0.3, -0.25) is 4.90 Å². The van der Waals surface area contributed by atoms with Gasteiger partial charge in [0, 0.05) is 12.6 Å². The first-order chi connectivity index (χ1) is 12.7. The van der Waals surface area contributed by atoms with Gasteiger partial charge in [0.05, 0.1) is 11.7 Å². The van der Waals surface area contributed by atoms with Gasteiger partial charge in [-0.15, -0.1) is 0 Å². The molecule has 1 aromatic carbocycles. The minimum Gasteiger partial charge on any atom is -0.454 e. The molecule has 3 heterocycles. The largest absolute Gasteiger partial charge is 0.454 e. The van der Waals surface area contributed by atoms with Crippen LogP contribution >= 0.6 is 0 Å². The zero-order valence-corrected chi connectivity index (χ0v) is 15.7. The van der Waals surface area contributed by atoms with Gasteiger partial charge < -0.3 is 14.0 Å². The van der Waals surface area contributed by atoms with Gasteiger partial charge in [0.2, 0.25) is 6.79 Å². The highest BCUT2D eigenvalue weighted by Crippen LogP contribution is 2.34. The molecule has 0 radical (unpaired) electrons. The minimum absolute atomic E-state index is 0.334. The van der Waals surface area contributed by atoms with E-state index in [1.165, 1.54) is 24.8 Å². The number of aryl methyl sites for hydroxylation is 1. The lowest BCUT2D eigenvalue weighted by atomic mass is 9.98. The fraction of sp³-hybridized carbons (Fsp3) is 0.571. The average molecular weight is 356 g/mol. The summed E-state index contributed by atoms with van der Waals surface area (Å²) in [6, 6.07) is 8.77. The van der Waals surface area contributed by atoms with Crippen molar-refractivity contribution in [2.45, 2.75) is 52.0 Å². The normalized spacial score (nSPS) is 21.5. The molecule has 5 heteroatoms. The fourth-order valence-electron chi connectivity index (χ4n) is 4.18. The third-order valence-corrected chi connectivity index (χ3v) is 5.41. The van der Waals surface area contributed by atoms with E-state index in [4.69, 9.17) is 14.0 Å². The highest BCUT2D eigenvalue weighted by molar-refractivity contribution is 5.44. The van der Waals surface area contributed by atoms with Crippen LogP contribution in [0.4, 0.5) is 0 Å². The highest BCUT2D eigenvalue weighted by Gasteiger charge is 2.27. The van der Waals surface area contributed by atoms with Crippen LogP contribution in [0.1, 0.15) is 55.7 Å². The van der Waals surface area contributed by atoms with Crippen molar-refractivity contribution >= 4 is 0 Å². The first-order valence-electron chi connectivity index (χ1n) is 9.75. The number of benzene rings is 1. The van der Waals surface area contributed by atoms with Gasteiger partial charge in [-0.2, -0.15) is 0 Å². The predicted molar refractivity (Wildman–Crippen MR) is 99.5 cm³/mol. The van der Waals surface area contributed by atoms with E-state index in [0.717, 1.165) is 48.9 Å². The van der Waals surface area contributed by atoms with Crippen LogP contribution in [0.25, 0.3) is 0 Å². The zero-order chi connectivity index (χ0) is 17.9. The van der Waals surface area contributed by atoms with Gasteiger partial charge in [-0.25, -0.2) is 0 Å². The first kappa shape index (κ1) is 17.4. The SMILES string of the molecule is Cc1cc([C@@H]2CCCCCN2C[C@@H](C)Cc2ccc3c(c2)OCO3)on1. The standard InChI is InChI=1S/C21H28N2O3/c1-15(10-17-7-8-19-21(12-17)25-14-24-19)13-23-9-5-3-4-6-18(23)20-11-16(2)22-26-20/h7-8,11-12,15,18H,3-6,9-10,13-14H2,1-2H3/t15-,18-/m0/s1. The van der Waals surface area contributed by atoms with Crippen molar-refractivity contribution in [3.05, 3.63) is 41.3 Å². The third kappa shape index (κ3) is 3.88. The van der Waals surface area contributed by atoms with Gasteiger partial charge in [0.1, 0.15) is 0 Å². The summed E-state index contributed by atoms with van der Waals surface area (Å²) in [7, 11) is 0. The van der Waals surface area contributed by atoms with Gasteiger partial charge >= 0.3 is 0 Å². The number of hydrogen-bond acceptors (Lipinski definition) is 5. The van der Waals surface area contributed by atoms with Crippen molar-refractivity contribution in [3.63, 3.8) is 0 Å². The summed E-state index contributed by atoms with van der Waals surface area (Å²) in [5.74, 6) is 3.31. The first-order valence-corrected chi connectivity index (χ1v) is 9.75. The molecule has 0 N–H and O–H groups in total. The van der Waals surface area contributed by atoms with Crippen LogP contribution in [0.15, 0.2) is 28.8 Å². The Morgan fingerprint density at radius 2 is 2.04 bits per heavy atom. The van der Waals surface area contributed by atoms with Gasteiger partial charge in [-0.05, 0) is 56.3 Å². The van der Waals surface area contributed by atoms with Gasteiger partial charge in [0.25, 0.3) is 0 Å². The molecule has 0 amide bonds. The second kappa shape index (κ2) is 7.70. The average Bonchev–Trinajstić information content (AvgIpc) is 3.19. The van der Waals surface area contributed by atoms with Crippen LogP contribution in [0.2, 0.25) is 0 Å². The van der Waals surface area contributed by atoms with E-state index in [1.54, 1.807) is 0 Å². The monoisotopic (exact) mass is 356 g/mol. The van der Waals surface area contributed by atoms with Crippen LogP contribution in [0.5, 0.6) is 11.5 Å². The molecule has 1 fully saturated rings. The summed E-state index contributed by atoms with van der Waals surface area (Å²) < 4.78 is 16.5. The van der Waals surface area contributed by atoms with Gasteiger partial charge in [-0.1, -0.05) is 31.0 Å². The number of fused-ring (bicyclic) bond motifs is 1. The second-order valence-electron chi connectivity index (χ2n) is 7.73. The summed E-state index contributed by atoms with van der Waals surface area (Å²) in [4.78, 5) is 2.60. The Balaban J connectivity index is 1.43. The third-order valence-electron chi connectivity index (χ3n) is 5.41.